The fourth-order valence-corrected chi connectivity index (χ4v) is 5.49. The summed E-state index contributed by atoms with van der Waals surface area (Å²) in [4.78, 5) is 23.5. The molecule has 6 atom stereocenters. The van der Waals surface area contributed by atoms with Gasteiger partial charge in [-0.15, -0.1) is 0 Å². The first-order chi connectivity index (χ1) is 14.7. The second-order valence-electron chi connectivity index (χ2n) is 10.2. The molecule has 4 N–H and O–H groups in total. The van der Waals surface area contributed by atoms with Gasteiger partial charge in [0.05, 0.1) is 22.6 Å². The van der Waals surface area contributed by atoms with Crippen LogP contribution in [0.15, 0.2) is 10.3 Å². The van der Waals surface area contributed by atoms with Gasteiger partial charge in [0.15, 0.2) is 0 Å². The third kappa shape index (κ3) is 4.70. The molecule has 0 spiro atoms. The SMILES string of the molecule is C/C(=N/O)[C@@H]1C[C@@](CC[C@]2([N+](=O)[O-])CC[C@@](C)(O)[C@H](/C(C)=N\O)C2)([N+](=O)[O-])CC[C@@]1(C)O. The minimum Gasteiger partial charge on any atom is -0.411 e. The van der Waals surface area contributed by atoms with Gasteiger partial charge in [0.1, 0.15) is 0 Å². The normalized spacial score (nSPS) is 41.3. The molecular weight excluding hydrogens is 424 g/mol. The first-order valence-corrected chi connectivity index (χ1v) is 10.8. The van der Waals surface area contributed by atoms with Gasteiger partial charge in [0.25, 0.3) is 0 Å². The van der Waals surface area contributed by atoms with E-state index in [4.69, 9.17) is 0 Å². The molecule has 0 aromatic rings. The smallest absolute Gasteiger partial charge is 0.223 e. The highest BCUT2D eigenvalue weighted by atomic mass is 16.6. The zero-order valence-electron chi connectivity index (χ0n) is 19.0. The second-order valence-corrected chi connectivity index (χ2v) is 10.2. The van der Waals surface area contributed by atoms with Crippen LogP contribution in [-0.2, 0) is 0 Å². The van der Waals surface area contributed by atoms with Crippen molar-refractivity contribution < 1.29 is 30.5 Å². The lowest BCUT2D eigenvalue weighted by molar-refractivity contribution is -0.596. The molecule has 0 amide bonds. The van der Waals surface area contributed by atoms with Crippen LogP contribution in [0.4, 0.5) is 0 Å². The summed E-state index contributed by atoms with van der Waals surface area (Å²) in [5.41, 5.74) is -5.27. The van der Waals surface area contributed by atoms with Gasteiger partial charge >= 0.3 is 0 Å². The van der Waals surface area contributed by atoms with Crippen molar-refractivity contribution in [3.8, 4) is 0 Å². The lowest BCUT2D eigenvalue weighted by atomic mass is 9.61. The van der Waals surface area contributed by atoms with Gasteiger partial charge in [-0.2, -0.15) is 0 Å². The molecule has 0 aromatic heterocycles. The zero-order valence-corrected chi connectivity index (χ0v) is 19.0. The summed E-state index contributed by atoms with van der Waals surface area (Å²) >= 11 is 0. The molecule has 12 nitrogen and oxygen atoms in total. The Balaban J connectivity index is 2.36. The quantitative estimate of drug-likeness (QED) is 0.193. The van der Waals surface area contributed by atoms with Gasteiger partial charge in [-0.05, 0) is 40.5 Å². The molecule has 0 saturated heterocycles. The summed E-state index contributed by atoms with van der Waals surface area (Å²) in [7, 11) is 0. The average molecular weight is 459 g/mol. The van der Waals surface area contributed by atoms with E-state index in [0.717, 1.165) is 0 Å². The maximum atomic E-state index is 12.2. The molecule has 0 aliphatic heterocycles. The van der Waals surface area contributed by atoms with E-state index in [1.54, 1.807) is 13.8 Å². The maximum Gasteiger partial charge on any atom is 0.223 e. The van der Waals surface area contributed by atoms with Crippen LogP contribution in [-0.4, -0.2) is 64.2 Å². The van der Waals surface area contributed by atoms with Crippen LogP contribution in [0.3, 0.4) is 0 Å². The lowest BCUT2D eigenvalue weighted by Crippen LogP contribution is -2.57. The van der Waals surface area contributed by atoms with Crippen molar-refractivity contribution >= 4 is 11.4 Å². The third-order valence-corrected chi connectivity index (χ3v) is 8.02. The molecule has 2 fully saturated rings. The molecule has 0 heterocycles. The summed E-state index contributed by atoms with van der Waals surface area (Å²) in [5, 5.41) is 70.4. The Labute approximate surface area is 186 Å². The molecule has 32 heavy (non-hydrogen) atoms. The molecule has 2 aliphatic rings. The van der Waals surface area contributed by atoms with Crippen LogP contribution in [0.25, 0.3) is 0 Å². The first-order valence-electron chi connectivity index (χ1n) is 10.8. The molecule has 0 unspecified atom stereocenters. The molecule has 2 saturated carbocycles. The van der Waals surface area contributed by atoms with Crippen molar-refractivity contribution in [1.29, 1.82) is 0 Å². The number of oxime groups is 2. The van der Waals surface area contributed by atoms with E-state index in [2.05, 4.69) is 10.3 Å². The molecule has 0 aromatic carbocycles. The van der Waals surface area contributed by atoms with E-state index >= 15 is 0 Å². The van der Waals surface area contributed by atoms with Crippen LogP contribution in [0.2, 0.25) is 0 Å². The Morgan fingerprint density at radius 1 is 0.812 bits per heavy atom. The highest BCUT2D eigenvalue weighted by molar-refractivity contribution is 5.85. The number of aliphatic hydroxyl groups is 2. The number of nitro groups is 2. The van der Waals surface area contributed by atoms with Gasteiger partial charge in [-0.1, -0.05) is 10.3 Å². The molecule has 2 aliphatic carbocycles. The van der Waals surface area contributed by atoms with Gasteiger partial charge in [-0.3, -0.25) is 20.2 Å². The standard InChI is InChI=1S/C20H34N4O8/c1-13(21-27)15-11-19(23(29)30,7-5-17(15,3)25)9-10-20(24(31)32)8-6-18(4,26)16(12-20)14(2)22-28/h15-16,25-28H,5-12H2,1-4H3/b21-13-,22-14-/t15-,16-,17+,18+,19+,20+/m0/s1. The molecule has 182 valence electrons. The van der Waals surface area contributed by atoms with Crippen molar-refractivity contribution in [3.63, 3.8) is 0 Å². The molecule has 0 radical (unpaired) electrons. The van der Waals surface area contributed by atoms with Crippen molar-refractivity contribution in [2.24, 2.45) is 22.1 Å². The van der Waals surface area contributed by atoms with Crippen molar-refractivity contribution in [3.05, 3.63) is 20.2 Å². The Hall–Kier alpha value is -2.34. The molecule has 0 bridgehead atoms. The topological polar surface area (TPSA) is 192 Å². The predicted octanol–water partition coefficient (Wildman–Crippen LogP) is 2.60. The predicted molar refractivity (Wildman–Crippen MR) is 114 cm³/mol. The maximum absolute atomic E-state index is 12.2. The largest absolute Gasteiger partial charge is 0.411 e. The van der Waals surface area contributed by atoms with Crippen LogP contribution in [0.1, 0.15) is 79.1 Å². The molecule has 2 rings (SSSR count). The fraction of sp³-hybridized carbons (Fsp3) is 0.900. The van der Waals surface area contributed by atoms with E-state index in [9.17, 15) is 40.9 Å². The number of hydrogen-bond donors (Lipinski definition) is 4. The van der Waals surface area contributed by atoms with E-state index in [1.807, 2.05) is 0 Å². The zero-order chi connectivity index (χ0) is 24.5. The number of rotatable bonds is 7. The summed E-state index contributed by atoms with van der Waals surface area (Å²) in [6.45, 7) is 6.05. The lowest BCUT2D eigenvalue weighted by Gasteiger charge is -2.45. The van der Waals surface area contributed by atoms with E-state index < -0.39 is 44.0 Å². The Morgan fingerprint density at radius 2 is 1.12 bits per heavy atom. The van der Waals surface area contributed by atoms with Crippen LogP contribution in [0, 0.1) is 32.1 Å². The van der Waals surface area contributed by atoms with Crippen LogP contribution in [0.5, 0.6) is 0 Å². The first kappa shape index (κ1) is 25.9. The highest BCUT2D eigenvalue weighted by Gasteiger charge is 2.59. The molecule has 12 heteroatoms. The Kier molecular flexibility index (Phi) is 7.20. The van der Waals surface area contributed by atoms with Crippen molar-refractivity contribution in [2.45, 2.75) is 101 Å². The van der Waals surface area contributed by atoms with E-state index in [1.165, 1.54) is 13.8 Å². The Morgan fingerprint density at radius 3 is 1.38 bits per heavy atom. The summed E-state index contributed by atoms with van der Waals surface area (Å²) in [6, 6.07) is 0. The van der Waals surface area contributed by atoms with Crippen molar-refractivity contribution in [2.75, 3.05) is 0 Å². The van der Waals surface area contributed by atoms with Gasteiger partial charge in [-0.25, -0.2) is 0 Å². The van der Waals surface area contributed by atoms with Gasteiger partial charge in [0.2, 0.25) is 11.1 Å². The van der Waals surface area contributed by atoms with Gasteiger partial charge < -0.3 is 20.6 Å². The monoisotopic (exact) mass is 458 g/mol. The van der Waals surface area contributed by atoms with Crippen LogP contribution >= 0.6 is 0 Å². The summed E-state index contributed by atoms with van der Waals surface area (Å²) in [6.07, 6.45) is -0.158. The number of nitrogens with zero attached hydrogens (tertiary/aromatic N) is 4. The average Bonchev–Trinajstić information content (AvgIpc) is 2.72. The second kappa shape index (κ2) is 8.89. The number of hydrogen-bond acceptors (Lipinski definition) is 10. The van der Waals surface area contributed by atoms with Crippen LogP contribution < -0.4 is 0 Å². The minimum atomic E-state index is -1.52. The van der Waals surface area contributed by atoms with Crippen molar-refractivity contribution in [1.82, 2.24) is 0 Å². The summed E-state index contributed by atoms with van der Waals surface area (Å²) < 4.78 is 0. The van der Waals surface area contributed by atoms with Gasteiger partial charge in [0, 0.05) is 60.2 Å². The Bertz CT molecular complexity index is 745. The third-order valence-electron chi connectivity index (χ3n) is 8.02. The highest BCUT2D eigenvalue weighted by Crippen LogP contribution is 2.48. The fourth-order valence-electron chi connectivity index (χ4n) is 5.49. The van der Waals surface area contributed by atoms with E-state index in [0.29, 0.717) is 0 Å². The minimum absolute atomic E-state index is 0.0360. The molecular formula is C20H34N4O8. The summed E-state index contributed by atoms with van der Waals surface area (Å²) in [5.74, 6) is -1.52. The van der Waals surface area contributed by atoms with E-state index in [-0.39, 0.29) is 62.8 Å².